The van der Waals surface area contributed by atoms with Crippen LogP contribution in [0.4, 0.5) is 16.2 Å². The fourth-order valence-corrected chi connectivity index (χ4v) is 3.32. The van der Waals surface area contributed by atoms with E-state index in [1.54, 1.807) is 12.1 Å². The van der Waals surface area contributed by atoms with Crippen LogP contribution in [0.2, 0.25) is 0 Å². The molecule has 0 bridgehead atoms. The maximum absolute atomic E-state index is 12.5. The zero-order valence-electron chi connectivity index (χ0n) is 13.3. The predicted octanol–water partition coefficient (Wildman–Crippen LogP) is 2.14. The summed E-state index contributed by atoms with van der Waals surface area (Å²) >= 11 is 0. The van der Waals surface area contributed by atoms with Gasteiger partial charge in [0.2, 0.25) is 5.91 Å². The van der Waals surface area contributed by atoms with E-state index >= 15 is 0 Å². The number of nitrogen functional groups attached to an aromatic ring is 1. The van der Waals surface area contributed by atoms with Gasteiger partial charge < -0.3 is 20.9 Å². The molecule has 2 aliphatic heterocycles. The Morgan fingerprint density at radius 2 is 1.74 bits per heavy atom. The Bertz CT molecular complexity index is 584. The van der Waals surface area contributed by atoms with Crippen LogP contribution in [0, 0.1) is 5.92 Å². The third-order valence-electron chi connectivity index (χ3n) is 4.66. The number of carbonyl (C=O) groups excluding carboxylic acids is 2. The maximum atomic E-state index is 12.5. The Balaban J connectivity index is 1.60. The Morgan fingerprint density at radius 3 is 2.48 bits per heavy atom. The van der Waals surface area contributed by atoms with E-state index < -0.39 is 0 Å². The van der Waals surface area contributed by atoms with Crippen molar-refractivity contribution in [2.45, 2.75) is 25.7 Å². The summed E-state index contributed by atoms with van der Waals surface area (Å²) in [5.74, 6) is -0.225. The number of hydrogen-bond acceptors (Lipinski definition) is 3. The van der Waals surface area contributed by atoms with E-state index in [9.17, 15) is 9.59 Å². The van der Waals surface area contributed by atoms with E-state index in [1.165, 1.54) is 0 Å². The van der Waals surface area contributed by atoms with E-state index in [0.29, 0.717) is 17.9 Å². The Hall–Kier alpha value is -2.24. The SMILES string of the molecule is Nc1ccccc1NC(=O)C1CCCN(C(=O)N2CCCC2)C1. The molecule has 6 nitrogen and oxygen atoms in total. The molecule has 3 amide bonds. The van der Waals surface area contributed by atoms with Gasteiger partial charge in [-0.15, -0.1) is 0 Å². The van der Waals surface area contributed by atoms with Crippen molar-refractivity contribution < 1.29 is 9.59 Å². The minimum atomic E-state index is -0.171. The van der Waals surface area contributed by atoms with Crippen molar-refractivity contribution in [1.82, 2.24) is 9.80 Å². The topological polar surface area (TPSA) is 78.7 Å². The maximum Gasteiger partial charge on any atom is 0.320 e. The molecular formula is C17H24N4O2. The van der Waals surface area contributed by atoms with Crippen molar-refractivity contribution in [3.05, 3.63) is 24.3 Å². The molecule has 1 aromatic rings. The van der Waals surface area contributed by atoms with Crippen molar-refractivity contribution in [2.75, 3.05) is 37.2 Å². The highest BCUT2D eigenvalue weighted by Crippen LogP contribution is 2.23. The van der Waals surface area contributed by atoms with Crippen molar-refractivity contribution in [3.8, 4) is 0 Å². The van der Waals surface area contributed by atoms with E-state index in [1.807, 2.05) is 21.9 Å². The van der Waals surface area contributed by atoms with Crippen molar-refractivity contribution in [1.29, 1.82) is 0 Å². The predicted molar refractivity (Wildman–Crippen MR) is 90.0 cm³/mol. The number of hydrogen-bond donors (Lipinski definition) is 2. The number of amides is 3. The second-order valence-electron chi connectivity index (χ2n) is 6.34. The molecule has 0 aromatic heterocycles. The number of urea groups is 1. The first-order chi connectivity index (χ1) is 11.1. The van der Waals surface area contributed by atoms with Gasteiger partial charge in [-0.3, -0.25) is 4.79 Å². The quantitative estimate of drug-likeness (QED) is 0.821. The van der Waals surface area contributed by atoms with Gasteiger partial charge in [0, 0.05) is 26.2 Å². The smallest absolute Gasteiger partial charge is 0.320 e. The van der Waals surface area contributed by atoms with E-state index in [0.717, 1.165) is 45.3 Å². The molecular weight excluding hydrogens is 292 g/mol. The van der Waals surface area contributed by atoms with Crippen LogP contribution in [-0.4, -0.2) is 47.9 Å². The molecule has 124 valence electrons. The zero-order valence-corrected chi connectivity index (χ0v) is 13.3. The summed E-state index contributed by atoms with van der Waals surface area (Å²) in [6, 6.07) is 7.32. The van der Waals surface area contributed by atoms with Gasteiger partial charge in [-0.05, 0) is 37.8 Å². The normalized spacial score (nSPS) is 21.3. The monoisotopic (exact) mass is 316 g/mol. The molecule has 23 heavy (non-hydrogen) atoms. The highest BCUT2D eigenvalue weighted by atomic mass is 16.2. The number of nitrogens with two attached hydrogens (primary N) is 1. The summed E-state index contributed by atoms with van der Waals surface area (Å²) < 4.78 is 0. The van der Waals surface area contributed by atoms with Gasteiger partial charge in [-0.25, -0.2) is 4.79 Å². The molecule has 0 aliphatic carbocycles. The molecule has 3 N–H and O–H groups in total. The standard InChI is InChI=1S/C17H24N4O2/c18-14-7-1-2-8-15(14)19-16(22)13-6-5-11-21(12-13)17(23)20-9-3-4-10-20/h1-2,7-8,13H,3-6,9-12,18H2,(H,19,22). The first kappa shape index (κ1) is 15.6. The molecule has 1 atom stereocenters. The highest BCUT2D eigenvalue weighted by Gasteiger charge is 2.31. The average molecular weight is 316 g/mol. The third-order valence-corrected chi connectivity index (χ3v) is 4.66. The van der Waals surface area contributed by atoms with Crippen molar-refractivity contribution in [3.63, 3.8) is 0 Å². The summed E-state index contributed by atoms with van der Waals surface area (Å²) in [4.78, 5) is 28.7. The largest absolute Gasteiger partial charge is 0.397 e. The minimum absolute atomic E-state index is 0.0539. The number of rotatable bonds is 2. The van der Waals surface area contributed by atoms with Gasteiger partial charge in [-0.1, -0.05) is 12.1 Å². The summed E-state index contributed by atoms with van der Waals surface area (Å²) in [5.41, 5.74) is 7.07. The van der Waals surface area contributed by atoms with Gasteiger partial charge >= 0.3 is 6.03 Å². The molecule has 0 radical (unpaired) electrons. The molecule has 2 fully saturated rings. The van der Waals surface area contributed by atoms with Gasteiger partial charge in [0.25, 0.3) is 0 Å². The van der Waals surface area contributed by atoms with Crippen LogP contribution < -0.4 is 11.1 Å². The Kier molecular flexibility index (Phi) is 4.69. The number of anilines is 2. The highest BCUT2D eigenvalue weighted by molar-refractivity contribution is 5.95. The fraction of sp³-hybridized carbons (Fsp3) is 0.529. The molecule has 1 aromatic carbocycles. The van der Waals surface area contributed by atoms with Gasteiger partial charge in [0.15, 0.2) is 0 Å². The lowest BCUT2D eigenvalue weighted by Gasteiger charge is -2.34. The first-order valence-corrected chi connectivity index (χ1v) is 8.34. The van der Waals surface area contributed by atoms with E-state index in [4.69, 9.17) is 5.73 Å². The summed E-state index contributed by atoms with van der Waals surface area (Å²) in [6.45, 7) is 2.92. The van der Waals surface area contributed by atoms with E-state index in [-0.39, 0.29) is 17.9 Å². The summed E-state index contributed by atoms with van der Waals surface area (Å²) in [7, 11) is 0. The number of carbonyl (C=O) groups is 2. The van der Waals surface area contributed by atoms with Crippen molar-refractivity contribution >= 4 is 23.3 Å². The lowest BCUT2D eigenvalue weighted by molar-refractivity contribution is -0.121. The number of benzene rings is 1. The molecule has 6 heteroatoms. The number of nitrogens with zero attached hydrogens (tertiary/aromatic N) is 2. The Morgan fingerprint density at radius 1 is 1.04 bits per heavy atom. The second kappa shape index (κ2) is 6.89. The van der Waals surface area contributed by atoms with E-state index in [2.05, 4.69) is 5.32 Å². The van der Waals surface area contributed by atoms with Crippen LogP contribution in [0.25, 0.3) is 0 Å². The molecule has 0 saturated carbocycles. The molecule has 1 unspecified atom stereocenters. The molecule has 2 aliphatic rings. The van der Waals surface area contributed by atoms with Gasteiger partial charge in [0.1, 0.15) is 0 Å². The van der Waals surface area contributed by atoms with Crippen LogP contribution in [0.5, 0.6) is 0 Å². The molecule has 3 rings (SSSR count). The average Bonchev–Trinajstić information content (AvgIpc) is 3.11. The van der Waals surface area contributed by atoms with Crippen LogP contribution >= 0.6 is 0 Å². The lowest BCUT2D eigenvalue weighted by Crippen LogP contribution is -2.48. The summed E-state index contributed by atoms with van der Waals surface area (Å²) in [5, 5.41) is 2.89. The second-order valence-corrected chi connectivity index (χ2v) is 6.34. The van der Waals surface area contributed by atoms with Crippen molar-refractivity contribution in [2.24, 2.45) is 5.92 Å². The number of likely N-dealkylation sites (tertiary alicyclic amines) is 2. The molecule has 2 saturated heterocycles. The molecule has 0 spiro atoms. The lowest BCUT2D eigenvalue weighted by atomic mass is 9.97. The number of piperidine rings is 1. The minimum Gasteiger partial charge on any atom is -0.397 e. The van der Waals surface area contributed by atoms with Gasteiger partial charge in [0.05, 0.1) is 17.3 Å². The summed E-state index contributed by atoms with van der Waals surface area (Å²) in [6.07, 6.45) is 3.83. The zero-order chi connectivity index (χ0) is 16.2. The Labute approximate surface area is 136 Å². The third kappa shape index (κ3) is 3.57. The van der Waals surface area contributed by atoms with Crippen LogP contribution in [-0.2, 0) is 4.79 Å². The molecule has 2 heterocycles. The number of para-hydroxylation sites is 2. The fourth-order valence-electron chi connectivity index (χ4n) is 3.32. The van der Waals surface area contributed by atoms with Crippen LogP contribution in [0.1, 0.15) is 25.7 Å². The number of nitrogens with one attached hydrogen (secondary N) is 1. The van der Waals surface area contributed by atoms with Crippen LogP contribution in [0.3, 0.4) is 0 Å². The first-order valence-electron chi connectivity index (χ1n) is 8.34. The van der Waals surface area contributed by atoms with Gasteiger partial charge in [-0.2, -0.15) is 0 Å². The van der Waals surface area contributed by atoms with Crippen LogP contribution in [0.15, 0.2) is 24.3 Å².